The zero-order chi connectivity index (χ0) is 21.0. The number of ketones is 1. The molecule has 1 saturated heterocycles. The van der Waals surface area contributed by atoms with Gasteiger partial charge >= 0.3 is 0 Å². The number of unbranched alkanes of at least 4 members (excludes halogenated alkanes) is 9. The Balaban J connectivity index is 1.33. The van der Waals surface area contributed by atoms with E-state index in [1.807, 2.05) is 6.08 Å². The number of ether oxygens (including phenoxy) is 2. The third kappa shape index (κ3) is 8.43. The lowest BCUT2D eigenvalue weighted by atomic mass is 9.98. The summed E-state index contributed by atoms with van der Waals surface area (Å²) in [6, 6.07) is 0. The summed E-state index contributed by atoms with van der Waals surface area (Å²) in [5.74, 6) is 0.646. The lowest BCUT2D eigenvalue weighted by Gasteiger charge is -2.32. The highest BCUT2D eigenvalue weighted by Crippen LogP contribution is 2.38. The summed E-state index contributed by atoms with van der Waals surface area (Å²) in [5, 5.41) is 0. The average molecular weight is 420 g/mol. The molecule has 3 aliphatic rings. The molecule has 0 radical (unpaired) electrons. The molecular weight excluding hydrogens is 374 g/mol. The Labute approximate surface area is 184 Å². The van der Waals surface area contributed by atoms with E-state index in [4.69, 9.17) is 9.47 Å². The fraction of sp³-hybridized carbons (Fsp3) is 0.885. The summed E-state index contributed by atoms with van der Waals surface area (Å²) in [4.78, 5) is 15.3. The molecule has 4 nitrogen and oxygen atoms in total. The molecule has 0 aromatic heterocycles. The topological polar surface area (TPSA) is 38.8 Å². The summed E-state index contributed by atoms with van der Waals surface area (Å²) in [5.41, 5.74) is 0.938. The van der Waals surface area contributed by atoms with Gasteiger partial charge in [0, 0.05) is 12.1 Å². The Kier molecular flexibility index (Phi) is 10.9. The number of hydrogen-bond donors (Lipinski definition) is 0. The molecular formula is C26H45NO3. The Bertz CT molecular complexity index is 522. The van der Waals surface area contributed by atoms with Crippen LogP contribution in [0.4, 0.5) is 0 Å². The molecule has 2 heterocycles. The Morgan fingerprint density at radius 3 is 2.20 bits per heavy atom. The van der Waals surface area contributed by atoms with E-state index < -0.39 is 0 Å². The van der Waals surface area contributed by atoms with Crippen LogP contribution in [0.5, 0.6) is 0 Å². The van der Waals surface area contributed by atoms with Crippen molar-refractivity contribution in [3.63, 3.8) is 0 Å². The molecule has 30 heavy (non-hydrogen) atoms. The van der Waals surface area contributed by atoms with Crippen LogP contribution in [0, 0.1) is 5.92 Å². The van der Waals surface area contributed by atoms with Crippen LogP contribution in [0.25, 0.3) is 0 Å². The minimum absolute atomic E-state index is 0.224. The van der Waals surface area contributed by atoms with E-state index in [1.54, 1.807) is 0 Å². The van der Waals surface area contributed by atoms with Gasteiger partial charge < -0.3 is 9.47 Å². The number of likely N-dealkylation sites (tertiary alicyclic amines) is 1. The van der Waals surface area contributed by atoms with Crippen LogP contribution < -0.4 is 0 Å². The maximum Gasteiger partial charge on any atom is 0.189 e. The van der Waals surface area contributed by atoms with E-state index in [0.29, 0.717) is 5.92 Å². The minimum Gasteiger partial charge on any atom is -0.349 e. The van der Waals surface area contributed by atoms with Gasteiger partial charge in [0.25, 0.3) is 0 Å². The number of Topliss-reactive ketones (excluding diaryl/α,β-unsaturated/α-hetero) is 1. The first-order chi connectivity index (χ1) is 14.8. The maximum atomic E-state index is 12.9. The molecule has 0 amide bonds. The SMILES string of the molecule is CCCCCCCCCCCCOC1C=C(CN2CCCCC2)C(=O)C(C2CC2)O1. The third-order valence-electron chi connectivity index (χ3n) is 6.87. The first-order valence-corrected chi connectivity index (χ1v) is 13.0. The zero-order valence-electron chi connectivity index (χ0n) is 19.4. The van der Waals surface area contributed by atoms with Crippen LogP contribution in [0.15, 0.2) is 11.6 Å². The van der Waals surface area contributed by atoms with Crippen molar-refractivity contribution in [2.45, 2.75) is 116 Å². The highest BCUT2D eigenvalue weighted by molar-refractivity contribution is 6.00. The van der Waals surface area contributed by atoms with Crippen LogP contribution in [0.2, 0.25) is 0 Å². The lowest BCUT2D eigenvalue weighted by Crippen LogP contribution is -2.42. The number of hydrogen-bond acceptors (Lipinski definition) is 4. The number of carbonyl (C=O) groups excluding carboxylic acids is 1. The molecule has 2 atom stereocenters. The smallest absolute Gasteiger partial charge is 0.189 e. The second-order valence-corrected chi connectivity index (χ2v) is 9.71. The molecule has 2 aliphatic heterocycles. The zero-order valence-corrected chi connectivity index (χ0v) is 19.4. The number of rotatable bonds is 15. The summed E-state index contributed by atoms with van der Waals surface area (Å²) in [6.07, 6.45) is 20.8. The standard InChI is InChI=1S/C26H45NO3/c1-2-3-4-5-6-7-8-9-10-14-19-29-24-20-23(21-27-17-12-11-13-18-27)25(28)26(30-24)22-15-16-22/h20,22,24,26H,2-19,21H2,1H3. The Morgan fingerprint density at radius 2 is 1.57 bits per heavy atom. The van der Waals surface area contributed by atoms with Crippen molar-refractivity contribution in [2.75, 3.05) is 26.2 Å². The highest BCUT2D eigenvalue weighted by atomic mass is 16.7. The van der Waals surface area contributed by atoms with E-state index in [-0.39, 0.29) is 18.2 Å². The number of piperidine rings is 1. The number of nitrogens with zero attached hydrogens (tertiary/aromatic N) is 1. The van der Waals surface area contributed by atoms with E-state index in [2.05, 4.69) is 11.8 Å². The fourth-order valence-electron chi connectivity index (χ4n) is 4.76. The predicted molar refractivity (Wildman–Crippen MR) is 123 cm³/mol. The lowest BCUT2D eigenvalue weighted by molar-refractivity contribution is -0.168. The molecule has 172 valence electrons. The van der Waals surface area contributed by atoms with Crippen LogP contribution in [0.1, 0.15) is 103 Å². The van der Waals surface area contributed by atoms with E-state index in [9.17, 15) is 4.79 Å². The first-order valence-electron chi connectivity index (χ1n) is 13.0. The molecule has 2 fully saturated rings. The second kappa shape index (κ2) is 13.6. The van der Waals surface area contributed by atoms with Gasteiger partial charge in [-0.3, -0.25) is 9.69 Å². The van der Waals surface area contributed by atoms with Gasteiger partial charge in [0.2, 0.25) is 0 Å². The van der Waals surface area contributed by atoms with E-state index >= 15 is 0 Å². The molecule has 0 spiro atoms. The van der Waals surface area contributed by atoms with Crippen LogP contribution in [0.3, 0.4) is 0 Å². The van der Waals surface area contributed by atoms with Gasteiger partial charge in [-0.15, -0.1) is 0 Å². The van der Waals surface area contributed by atoms with Crippen molar-refractivity contribution in [1.29, 1.82) is 0 Å². The fourth-order valence-corrected chi connectivity index (χ4v) is 4.76. The molecule has 0 bridgehead atoms. The van der Waals surface area contributed by atoms with Gasteiger partial charge in [0.1, 0.15) is 6.10 Å². The predicted octanol–water partition coefficient (Wildman–Crippen LogP) is 6.04. The normalized spacial score (nSPS) is 25.5. The van der Waals surface area contributed by atoms with E-state index in [1.165, 1.54) is 77.0 Å². The van der Waals surface area contributed by atoms with Crippen molar-refractivity contribution in [2.24, 2.45) is 5.92 Å². The van der Waals surface area contributed by atoms with Crippen LogP contribution in [-0.2, 0) is 14.3 Å². The highest BCUT2D eigenvalue weighted by Gasteiger charge is 2.42. The van der Waals surface area contributed by atoms with Crippen molar-refractivity contribution in [3.05, 3.63) is 11.6 Å². The second-order valence-electron chi connectivity index (χ2n) is 9.71. The summed E-state index contributed by atoms with van der Waals surface area (Å²) in [7, 11) is 0. The monoisotopic (exact) mass is 419 g/mol. The van der Waals surface area contributed by atoms with Gasteiger partial charge in [-0.25, -0.2) is 0 Å². The van der Waals surface area contributed by atoms with Gasteiger partial charge in [0.05, 0.1) is 6.61 Å². The molecule has 1 aliphatic carbocycles. The molecule has 0 aromatic carbocycles. The largest absolute Gasteiger partial charge is 0.349 e. The van der Waals surface area contributed by atoms with Crippen molar-refractivity contribution >= 4 is 5.78 Å². The molecule has 4 heteroatoms. The van der Waals surface area contributed by atoms with Gasteiger partial charge in [-0.05, 0) is 57.2 Å². The van der Waals surface area contributed by atoms with Crippen molar-refractivity contribution < 1.29 is 14.3 Å². The van der Waals surface area contributed by atoms with Crippen molar-refractivity contribution in [1.82, 2.24) is 4.90 Å². The molecule has 0 N–H and O–H groups in total. The summed E-state index contributed by atoms with van der Waals surface area (Å²) in [6.45, 7) is 6.02. The maximum absolute atomic E-state index is 12.9. The molecule has 0 aromatic rings. The van der Waals surface area contributed by atoms with Crippen molar-refractivity contribution in [3.8, 4) is 0 Å². The Hall–Kier alpha value is -0.710. The molecule has 1 saturated carbocycles. The van der Waals surface area contributed by atoms with Crippen LogP contribution in [-0.4, -0.2) is 49.3 Å². The Morgan fingerprint density at radius 1 is 0.933 bits per heavy atom. The molecule has 2 unspecified atom stereocenters. The first kappa shape index (κ1) is 23.9. The molecule has 3 rings (SSSR count). The van der Waals surface area contributed by atoms with E-state index in [0.717, 1.165) is 51.1 Å². The summed E-state index contributed by atoms with van der Waals surface area (Å²) >= 11 is 0. The third-order valence-corrected chi connectivity index (χ3v) is 6.87. The van der Waals surface area contributed by atoms with Crippen LogP contribution >= 0.6 is 0 Å². The minimum atomic E-state index is -0.327. The quantitative estimate of drug-likeness (QED) is 0.303. The van der Waals surface area contributed by atoms with Gasteiger partial charge in [-0.2, -0.15) is 0 Å². The summed E-state index contributed by atoms with van der Waals surface area (Å²) < 4.78 is 12.1. The van der Waals surface area contributed by atoms with Gasteiger partial charge in [-0.1, -0.05) is 71.1 Å². The van der Waals surface area contributed by atoms with Gasteiger partial charge in [0.15, 0.2) is 12.1 Å². The number of carbonyl (C=O) groups is 1. The average Bonchev–Trinajstić information content (AvgIpc) is 3.60.